The minimum Gasteiger partial charge on any atom is -0.506 e. The van der Waals surface area contributed by atoms with Gasteiger partial charge in [0.05, 0.1) is 5.69 Å². The molecule has 2 saturated heterocycles. The molecule has 2 aliphatic heterocycles. The molecule has 44 heavy (non-hydrogen) atoms. The highest BCUT2D eigenvalue weighted by molar-refractivity contribution is 6.06. The number of hydrogen-bond acceptors (Lipinski definition) is 14. The molecular weight excluding hydrogens is 585 g/mol. The second kappa shape index (κ2) is 12.2. The van der Waals surface area contributed by atoms with E-state index in [-0.39, 0.29) is 35.8 Å². The van der Waals surface area contributed by atoms with Crippen LogP contribution in [0.5, 0.6) is 11.6 Å². The molecule has 0 saturated carbocycles. The van der Waals surface area contributed by atoms with E-state index in [1.54, 1.807) is 0 Å². The van der Waals surface area contributed by atoms with Crippen LogP contribution in [0.4, 0.5) is 42.4 Å². The molecule has 0 bridgehead atoms. The number of benzene rings is 1. The van der Waals surface area contributed by atoms with Crippen molar-refractivity contribution in [1.29, 1.82) is 0 Å². The number of pyridine rings is 1. The summed E-state index contributed by atoms with van der Waals surface area (Å²) in [4.78, 5) is 33.2. The molecule has 5 rings (SSSR count). The number of hydrogen-bond donors (Lipinski definition) is 8. The molecule has 4 atom stereocenters. The van der Waals surface area contributed by atoms with Crippen molar-refractivity contribution in [2.75, 3.05) is 46.6 Å². The fourth-order valence-electron chi connectivity index (χ4n) is 5.19. The number of aromatic hydroxyl groups is 2. The Hall–Kier alpha value is -4.52. The highest BCUT2D eigenvalue weighted by atomic mass is 19.4. The normalized spacial score (nSPS) is 22.5. The van der Waals surface area contributed by atoms with Gasteiger partial charge < -0.3 is 53.6 Å². The number of rotatable bonds is 6. The lowest BCUT2D eigenvalue weighted by Gasteiger charge is -2.37. The number of nitrogens with two attached hydrogens (primary N) is 4. The third kappa shape index (κ3) is 7.16. The van der Waals surface area contributed by atoms with Gasteiger partial charge in [-0.05, 0) is 37.1 Å². The van der Waals surface area contributed by atoms with Crippen LogP contribution in [0.2, 0.25) is 0 Å². The molecule has 0 aliphatic carbocycles. The molecule has 3 aromatic rings. The van der Waals surface area contributed by atoms with Crippen molar-refractivity contribution < 1.29 is 28.2 Å². The number of carbonyl (C=O) groups excluding carboxylic acids is 1. The van der Waals surface area contributed by atoms with Crippen LogP contribution in [-0.4, -0.2) is 86.4 Å². The fraction of sp³-hybridized carbons (Fsp3) is 0.423. The van der Waals surface area contributed by atoms with E-state index >= 15 is 0 Å². The van der Waals surface area contributed by atoms with E-state index in [4.69, 9.17) is 22.9 Å². The lowest BCUT2D eigenvalue weighted by Crippen LogP contribution is -2.54. The maximum Gasteiger partial charge on any atom is 0.433 e. The highest BCUT2D eigenvalue weighted by Crippen LogP contribution is 2.32. The summed E-state index contributed by atoms with van der Waals surface area (Å²) in [5.74, 6) is -1.66. The molecule has 15 nitrogen and oxygen atoms in total. The molecule has 236 valence electrons. The standard InChI is InChI=1S/C26H33F3N12O3/c27-26(28,29)20-4-2-17(22(44)36-20)21(43)35-18-3-1-16(7-19(18)42)34-23-37-24(40-8-12(30)5-13(31)9-40)39-25(38-23)41-10-14(32)6-15(33)11-41/h1-4,7,12-15,42H,5-6,8-11,30-33H2,(H,35,43)(H,36,44)(H,34,37,38,39)/t12-,13+,14-,15+. The molecule has 4 heterocycles. The number of aromatic nitrogens is 4. The monoisotopic (exact) mass is 618 g/mol. The van der Waals surface area contributed by atoms with Gasteiger partial charge in [-0.3, -0.25) is 4.79 Å². The number of carbonyl (C=O) groups is 1. The molecular formula is C26H33F3N12O3. The van der Waals surface area contributed by atoms with Gasteiger partial charge in [0.2, 0.25) is 23.7 Å². The SMILES string of the molecule is N[C@@H]1C[C@H](N)CN(c2nc(Nc3ccc(NC(=O)c4ccc(C(F)(F)F)nc4O)c(O)c3)nc(N3C[C@H](N)C[C@H](N)C3)n2)C1. The van der Waals surface area contributed by atoms with Gasteiger partial charge in [0.15, 0.2) is 0 Å². The third-order valence-electron chi connectivity index (χ3n) is 7.12. The Kier molecular flexibility index (Phi) is 8.60. The predicted octanol–water partition coefficient (Wildman–Crippen LogP) is 0.422. The summed E-state index contributed by atoms with van der Waals surface area (Å²) in [6, 6.07) is 4.78. The van der Waals surface area contributed by atoms with E-state index < -0.39 is 35.0 Å². The first-order chi connectivity index (χ1) is 20.7. The summed E-state index contributed by atoms with van der Waals surface area (Å²) in [6.07, 6.45) is -3.48. The second-order valence-electron chi connectivity index (χ2n) is 11.0. The molecule has 2 aliphatic rings. The largest absolute Gasteiger partial charge is 0.506 e. The van der Waals surface area contributed by atoms with Crippen LogP contribution >= 0.6 is 0 Å². The van der Waals surface area contributed by atoms with Gasteiger partial charge in [-0.1, -0.05) is 0 Å². The Morgan fingerprint density at radius 3 is 1.84 bits per heavy atom. The quantitative estimate of drug-likeness (QED) is 0.175. The molecule has 12 N–H and O–H groups in total. The van der Waals surface area contributed by atoms with Gasteiger partial charge in [-0.25, -0.2) is 4.98 Å². The first kappa shape index (κ1) is 30.9. The number of alkyl halides is 3. The predicted molar refractivity (Wildman–Crippen MR) is 156 cm³/mol. The third-order valence-corrected chi connectivity index (χ3v) is 7.12. The van der Waals surface area contributed by atoms with Gasteiger partial charge in [0.25, 0.3) is 5.91 Å². The van der Waals surface area contributed by atoms with E-state index in [2.05, 4.69) is 30.6 Å². The molecule has 1 amide bonds. The van der Waals surface area contributed by atoms with Crippen molar-refractivity contribution in [1.82, 2.24) is 19.9 Å². The molecule has 0 spiro atoms. The van der Waals surface area contributed by atoms with Crippen LogP contribution in [0.1, 0.15) is 28.9 Å². The van der Waals surface area contributed by atoms with Crippen LogP contribution in [0.15, 0.2) is 30.3 Å². The molecule has 2 aromatic heterocycles. The van der Waals surface area contributed by atoms with Crippen LogP contribution in [0, 0.1) is 0 Å². The molecule has 0 unspecified atom stereocenters. The van der Waals surface area contributed by atoms with Crippen molar-refractivity contribution in [3.8, 4) is 11.6 Å². The number of nitrogens with one attached hydrogen (secondary N) is 2. The van der Waals surface area contributed by atoms with Crippen molar-refractivity contribution in [3.05, 3.63) is 41.6 Å². The van der Waals surface area contributed by atoms with Crippen molar-refractivity contribution in [2.24, 2.45) is 22.9 Å². The van der Waals surface area contributed by atoms with E-state index in [9.17, 15) is 28.2 Å². The van der Waals surface area contributed by atoms with E-state index in [0.29, 0.717) is 62.7 Å². The first-order valence-corrected chi connectivity index (χ1v) is 13.7. The average Bonchev–Trinajstić information content (AvgIpc) is 2.92. The summed E-state index contributed by atoms with van der Waals surface area (Å²) < 4.78 is 38.5. The number of piperidine rings is 2. The summed E-state index contributed by atoms with van der Waals surface area (Å²) in [5, 5.41) is 25.8. The minimum atomic E-state index is -4.80. The van der Waals surface area contributed by atoms with Crippen molar-refractivity contribution >= 4 is 35.1 Å². The van der Waals surface area contributed by atoms with Gasteiger partial charge in [-0.15, -0.1) is 0 Å². The lowest BCUT2D eigenvalue weighted by atomic mass is 10.0. The van der Waals surface area contributed by atoms with Crippen molar-refractivity contribution in [2.45, 2.75) is 43.2 Å². The number of nitrogens with zero attached hydrogens (tertiary/aromatic N) is 6. The number of phenolic OH excluding ortho intramolecular Hbond substituents is 1. The molecule has 2 fully saturated rings. The molecule has 1 aromatic carbocycles. The maximum absolute atomic E-state index is 12.8. The van der Waals surface area contributed by atoms with Crippen LogP contribution < -0.4 is 43.4 Å². The summed E-state index contributed by atoms with van der Waals surface area (Å²) >= 11 is 0. The Morgan fingerprint density at radius 2 is 1.36 bits per heavy atom. The van der Waals surface area contributed by atoms with Gasteiger partial charge >= 0.3 is 6.18 Å². The number of anilines is 5. The molecule has 18 heteroatoms. The summed E-state index contributed by atoms with van der Waals surface area (Å²) in [6.45, 7) is 1.92. The fourth-order valence-corrected chi connectivity index (χ4v) is 5.19. The number of halogens is 3. The summed E-state index contributed by atoms with van der Waals surface area (Å²) in [7, 11) is 0. The summed E-state index contributed by atoms with van der Waals surface area (Å²) in [5.41, 5.74) is 23.2. The Bertz CT molecular complexity index is 1460. The zero-order valence-corrected chi connectivity index (χ0v) is 23.4. The van der Waals surface area contributed by atoms with E-state index in [1.807, 2.05) is 9.80 Å². The van der Waals surface area contributed by atoms with Crippen LogP contribution in [0.25, 0.3) is 0 Å². The number of phenols is 1. The van der Waals surface area contributed by atoms with Crippen LogP contribution in [-0.2, 0) is 6.18 Å². The van der Waals surface area contributed by atoms with E-state index in [0.717, 1.165) is 6.07 Å². The van der Waals surface area contributed by atoms with Crippen LogP contribution in [0.3, 0.4) is 0 Å². The molecule has 0 radical (unpaired) electrons. The first-order valence-electron chi connectivity index (χ1n) is 13.7. The topological polar surface area (TPSA) is 244 Å². The lowest BCUT2D eigenvalue weighted by molar-refractivity contribution is -0.141. The Labute approximate surface area is 249 Å². The van der Waals surface area contributed by atoms with E-state index in [1.165, 1.54) is 18.2 Å². The van der Waals surface area contributed by atoms with Gasteiger partial charge in [-0.2, -0.15) is 28.1 Å². The smallest absolute Gasteiger partial charge is 0.433 e. The van der Waals surface area contributed by atoms with Gasteiger partial charge in [0, 0.05) is 62.1 Å². The zero-order chi connectivity index (χ0) is 31.8. The number of amides is 1. The average molecular weight is 619 g/mol. The second-order valence-corrected chi connectivity index (χ2v) is 11.0. The maximum atomic E-state index is 12.8. The Morgan fingerprint density at radius 1 is 0.818 bits per heavy atom. The highest BCUT2D eigenvalue weighted by Gasteiger charge is 2.34. The minimum absolute atomic E-state index is 0.0792. The van der Waals surface area contributed by atoms with Gasteiger partial charge in [0.1, 0.15) is 17.0 Å². The Balaban J connectivity index is 1.37. The zero-order valence-electron chi connectivity index (χ0n) is 23.4. The van der Waals surface area contributed by atoms with Crippen molar-refractivity contribution in [3.63, 3.8) is 0 Å².